The molecule has 3 aromatic rings. The first kappa shape index (κ1) is 15.7. The molecule has 3 aromatic heterocycles. The summed E-state index contributed by atoms with van der Waals surface area (Å²) in [5, 5.41) is 2.67. The molecule has 0 atom stereocenters. The number of anilines is 1. The lowest BCUT2D eigenvalue weighted by molar-refractivity contribution is -0.116. The second-order valence-corrected chi connectivity index (χ2v) is 5.52. The fourth-order valence-electron chi connectivity index (χ4n) is 2.46. The zero-order valence-electron chi connectivity index (χ0n) is 13.5. The Bertz CT molecular complexity index is 1060. The predicted molar refractivity (Wildman–Crippen MR) is 87.8 cm³/mol. The lowest BCUT2D eigenvalue weighted by Gasteiger charge is -2.07. The van der Waals surface area contributed by atoms with Crippen LogP contribution in [0.3, 0.4) is 0 Å². The van der Waals surface area contributed by atoms with Crippen molar-refractivity contribution in [3.8, 4) is 0 Å². The highest BCUT2D eigenvalue weighted by atomic mass is 16.2. The molecule has 0 saturated carbocycles. The van der Waals surface area contributed by atoms with Crippen molar-refractivity contribution in [1.29, 1.82) is 0 Å². The number of fused-ring (bicyclic) bond motifs is 1. The standard InChI is InChI=1S/C15H16N6O3/c1-9-4-5-16-10(6-9)18-11(22)7-21-8-17-13-12(21)14(23)20(3)15(24)19(13)2/h4-6,8H,7H2,1-3H3,(H,16,18,22). The van der Waals surface area contributed by atoms with Gasteiger partial charge in [-0.1, -0.05) is 0 Å². The van der Waals surface area contributed by atoms with Crippen LogP contribution < -0.4 is 16.6 Å². The summed E-state index contributed by atoms with van der Waals surface area (Å²) >= 11 is 0. The van der Waals surface area contributed by atoms with Crippen LogP contribution in [0.25, 0.3) is 11.2 Å². The van der Waals surface area contributed by atoms with Crippen LogP contribution in [-0.4, -0.2) is 29.6 Å². The Balaban J connectivity index is 1.95. The van der Waals surface area contributed by atoms with E-state index in [1.807, 2.05) is 13.0 Å². The first-order chi connectivity index (χ1) is 11.4. The van der Waals surface area contributed by atoms with Gasteiger partial charge in [-0.25, -0.2) is 14.8 Å². The third-order valence-electron chi connectivity index (χ3n) is 3.71. The van der Waals surface area contributed by atoms with Gasteiger partial charge in [0.1, 0.15) is 12.4 Å². The molecule has 0 unspecified atom stereocenters. The number of amides is 1. The van der Waals surface area contributed by atoms with Gasteiger partial charge in [-0.15, -0.1) is 0 Å². The molecular formula is C15H16N6O3. The number of aromatic nitrogens is 5. The highest BCUT2D eigenvalue weighted by Gasteiger charge is 2.16. The van der Waals surface area contributed by atoms with E-state index in [4.69, 9.17) is 0 Å². The molecule has 3 rings (SSSR count). The zero-order valence-corrected chi connectivity index (χ0v) is 13.5. The largest absolute Gasteiger partial charge is 0.332 e. The van der Waals surface area contributed by atoms with E-state index in [0.717, 1.165) is 10.1 Å². The van der Waals surface area contributed by atoms with Crippen LogP contribution in [0.1, 0.15) is 5.56 Å². The van der Waals surface area contributed by atoms with E-state index >= 15 is 0 Å². The minimum atomic E-state index is -0.493. The van der Waals surface area contributed by atoms with Crippen molar-refractivity contribution in [2.75, 3.05) is 5.32 Å². The van der Waals surface area contributed by atoms with E-state index in [0.29, 0.717) is 5.82 Å². The molecule has 3 heterocycles. The monoisotopic (exact) mass is 328 g/mol. The molecular weight excluding hydrogens is 312 g/mol. The van der Waals surface area contributed by atoms with Crippen molar-refractivity contribution in [2.24, 2.45) is 14.1 Å². The highest BCUT2D eigenvalue weighted by molar-refractivity contribution is 5.90. The van der Waals surface area contributed by atoms with Gasteiger partial charge in [-0.05, 0) is 24.6 Å². The van der Waals surface area contributed by atoms with Gasteiger partial charge < -0.3 is 9.88 Å². The average molecular weight is 328 g/mol. The summed E-state index contributed by atoms with van der Waals surface area (Å²) in [4.78, 5) is 44.5. The summed E-state index contributed by atoms with van der Waals surface area (Å²) in [6.07, 6.45) is 2.97. The van der Waals surface area contributed by atoms with Gasteiger partial charge in [0, 0.05) is 20.3 Å². The SMILES string of the molecule is Cc1ccnc(NC(=O)Cn2cnc3c2c(=O)n(C)c(=O)n3C)c1. The van der Waals surface area contributed by atoms with Crippen LogP contribution in [0.4, 0.5) is 5.82 Å². The summed E-state index contributed by atoms with van der Waals surface area (Å²) in [6.45, 7) is 1.78. The number of nitrogens with one attached hydrogen (secondary N) is 1. The first-order valence-electron chi connectivity index (χ1n) is 7.22. The Morgan fingerprint density at radius 1 is 1.21 bits per heavy atom. The maximum atomic E-state index is 12.3. The number of aryl methyl sites for hydroxylation is 2. The van der Waals surface area contributed by atoms with Crippen molar-refractivity contribution < 1.29 is 4.79 Å². The summed E-state index contributed by atoms with van der Waals surface area (Å²) in [7, 11) is 2.91. The predicted octanol–water partition coefficient (Wildman–Crippen LogP) is -0.224. The molecule has 0 aromatic carbocycles. The zero-order chi connectivity index (χ0) is 17.4. The van der Waals surface area contributed by atoms with E-state index in [-0.39, 0.29) is 23.6 Å². The lowest BCUT2D eigenvalue weighted by Crippen LogP contribution is -2.37. The maximum Gasteiger partial charge on any atom is 0.332 e. The molecule has 124 valence electrons. The van der Waals surface area contributed by atoms with E-state index in [1.165, 1.54) is 29.6 Å². The van der Waals surface area contributed by atoms with Gasteiger partial charge in [0.05, 0.1) is 6.33 Å². The van der Waals surface area contributed by atoms with Gasteiger partial charge in [0.15, 0.2) is 11.2 Å². The van der Waals surface area contributed by atoms with Crippen molar-refractivity contribution >= 4 is 22.9 Å². The van der Waals surface area contributed by atoms with E-state index in [1.54, 1.807) is 12.3 Å². The first-order valence-corrected chi connectivity index (χ1v) is 7.22. The van der Waals surface area contributed by atoms with E-state index in [9.17, 15) is 14.4 Å². The normalized spacial score (nSPS) is 11.0. The third kappa shape index (κ3) is 2.60. The molecule has 0 aliphatic heterocycles. The number of imidazole rings is 1. The smallest absolute Gasteiger partial charge is 0.315 e. The number of carbonyl (C=O) groups is 1. The maximum absolute atomic E-state index is 12.3. The summed E-state index contributed by atoms with van der Waals surface area (Å²) in [5.41, 5.74) is 0.451. The number of hydrogen-bond donors (Lipinski definition) is 1. The minimum absolute atomic E-state index is 0.112. The second kappa shape index (κ2) is 5.76. The number of carbonyl (C=O) groups excluding carboxylic acids is 1. The van der Waals surface area contributed by atoms with Crippen LogP contribution in [0.5, 0.6) is 0 Å². The Kier molecular flexibility index (Phi) is 3.76. The Morgan fingerprint density at radius 3 is 2.67 bits per heavy atom. The number of nitrogens with zero attached hydrogens (tertiary/aromatic N) is 5. The van der Waals surface area contributed by atoms with Gasteiger partial charge in [-0.2, -0.15) is 0 Å². The van der Waals surface area contributed by atoms with Crippen LogP contribution in [-0.2, 0) is 25.4 Å². The summed E-state index contributed by atoms with van der Waals surface area (Å²) < 4.78 is 3.68. The quantitative estimate of drug-likeness (QED) is 0.715. The van der Waals surface area contributed by atoms with Gasteiger partial charge >= 0.3 is 5.69 Å². The topological polar surface area (TPSA) is 104 Å². The van der Waals surface area contributed by atoms with Crippen molar-refractivity contribution in [3.05, 3.63) is 51.1 Å². The highest BCUT2D eigenvalue weighted by Crippen LogP contribution is 2.08. The fourth-order valence-corrected chi connectivity index (χ4v) is 2.46. The third-order valence-corrected chi connectivity index (χ3v) is 3.71. The molecule has 1 amide bonds. The lowest BCUT2D eigenvalue weighted by atomic mass is 10.3. The van der Waals surface area contributed by atoms with Crippen LogP contribution in [0.15, 0.2) is 34.2 Å². The number of pyridine rings is 1. The van der Waals surface area contributed by atoms with Crippen LogP contribution in [0, 0.1) is 6.92 Å². The Labute approximate surface area is 136 Å². The van der Waals surface area contributed by atoms with Crippen molar-refractivity contribution in [2.45, 2.75) is 13.5 Å². The van der Waals surface area contributed by atoms with Crippen LogP contribution in [0.2, 0.25) is 0 Å². The Hall–Kier alpha value is -3.23. The van der Waals surface area contributed by atoms with Gasteiger partial charge in [-0.3, -0.25) is 18.7 Å². The minimum Gasteiger partial charge on any atom is -0.315 e. The van der Waals surface area contributed by atoms with Crippen molar-refractivity contribution in [3.63, 3.8) is 0 Å². The molecule has 1 N–H and O–H groups in total. The molecule has 24 heavy (non-hydrogen) atoms. The molecule has 0 bridgehead atoms. The average Bonchev–Trinajstić information content (AvgIpc) is 2.94. The second-order valence-electron chi connectivity index (χ2n) is 5.52. The molecule has 0 radical (unpaired) electrons. The molecule has 0 aliphatic rings. The van der Waals surface area contributed by atoms with Gasteiger partial charge in [0.2, 0.25) is 5.91 Å². The fraction of sp³-hybridized carbons (Fsp3) is 0.267. The van der Waals surface area contributed by atoms with E-state index in [2.05, 4.69) is 15.3 Å². The molecule has 0 spiro atoms. The van der Waals surface area contributed by atoms with Gasteiger partial charge in [0.25, 0.3) is 5.56 Å². The van der Waals surface area contributed by atoms with Crippen LogP contribution >= 0.6 is 0 Å². The molecule has 0 fully saturated rings. The van der Waals surface area contributed by atoms with E-state index < -0.39 is 11.2 Å². The molecule has 0 saturated heterocycles. The Morgan fingerprint density at radius 2 is 1.96 bits per heavy atom. The molecule has 0 aliphatic carbocycles. The number of rotatable bonds is 3. The number of hydrogen-bond acceptors (Lipinski definition) is 5. The summed E-state index contributed by atoms with van der Waals surface area (Å²) in [6, 6.07) is 3.57. The summed E-state index contributed by atoms with van der Waals surface area (Å²) in [5.74, 6) is 0.0908. The van der Waals surface area contributed by atoms with Crippen molar-refractivity contribution in [1.82, 2.24) is 23.7 Å². The molecule has 9 nitrogen and oxygen atoms in total. The molecule has 9 heteroatoms.